The summed E-state index contributed by atoms with van der Waals surface area (Å²) in [4.78, 5) is 2.64. The minimum atomic E-state index is 0.516. The Morgan fingerprint density at radius 2 is 2.64 bits per heavy atom. The molecule has 60 valence electrons. The molecular formula is C4H9N7. The highest BCUT2D eigenvalue weighted by atomic mass is 15.7. The summed E-state index contributed by atoms with van der Waals surface area (Å²) in [6.07, 6.45) is 0.810. The van der Waals surface area contributed by atoms with Gasteiger partial charge in [0, 0.05) is 18.0 Å². The molecule has 1 N–H and O–H groups in total. The molecule has 0 aromatic heterocycles. The molecular weight excluding hydrogens is 146 g/mol. The summed E-state index contributed by atoms with van der Waals surface area (Å²) < 4.78 is 0. The zero-order valence-corrected chi connectivity index (χ0v) is 6.01. The van der Waals surface area contributed by atoms with E-state index in [-0.39, 0.29) is 0 Å². The third-order valence-electron chi connectivity index (χ3n) is 1.23. The van der Waals surface area contributed by atoms with Crippen molar-refractivity contribution in [3.63, 3.8) is 0 Å². The number of nitrogens with zero attached hydrogens (tertiary/aromatic N) is 6. The van der Waals surface area contributed by atoms with Gasteiger partial charge in [-0.3, -0.25) is 10.4 Å². The SMILES string of the molecule is [N-]=[N+]=NCCCN1CNN=N1. The molecule has 1 heterocycles. The van der Waals surface area contributed by atoms with Gasteiger partial charge < -0.3 is 0 Å². The van der Waals surface area contributed by atoms with Crippen LogP contribution in [0.5, 0.6) is 0 Å². The molecule has 7 heteroatoms. The van der Waals surface area contributed by atoms with E-state index in [1.807, 2.05) is 0 Å². The van der Waals surface area contributed by atoms with Gasteiger partial charge in [0.05, 0.1) is 0 Å². The lowest BCUT2D eigenvalue weighted by Gasteiger charge is -2.07. The van der Waals surface area contributed by atoms with E-state index in [9.17, 15) is 0 Å². The largest absolute Gasteiger partial charge is 0.269 e. The summed E-state index contributed by atoms with van der Waals surface area (Å²) in [5, 5.41) is 12.5. The summed E-state index contributed by atoms with van der Waals surface area (Å²) in [7, 11) is 0. The zero-order valence-electron chi connectivity index (χ0n) is 6.01. The molecule has 0 saturated carbocycles. The molecule has 1 rings (SSSR count). The molecule has 0 bridgehead atoms. The van der Waals surface area contributed by atoms with Crippen LogP contribution in [-0.4, -0.2) is 24.8 Å². The third kappa shape index (κ3) is 2.72. The second-order valence-corrected chi connectivity index (χ2v) is 2.04. The van der Waals surface area contributed by atoms with Gasteiger partial charge in [0.2, 0.25) is 0 Å². The number of rotatable bonds is 4. The van der Waals surface area contributed by atoms with E-state index < -0.39 is 0 Å². The van der Waals surface area contributed by atoms with Crippen molar-refractivity contribution in [1.82, 2.24) is 10.4 Å². The van der Waals surface area contributed by atoms with Crippen molar-refractivity contribution < 1.29 is 0 Å². The molecule has 0 spiro atoms. The Morgan fingerprint density at radius 3 is 3.27 bits per heavy atom. The Balaban J connectivity index is 2.02. The summed E-state index contributed by atoms with van der Waals surface area (Å²) in [5.74, 6) is 0. The maximum Gasteiger partial charge on any atom is 0.124 e. The quantitative estimate of drug-likeness (QED) is 0.282. The lowest BCUT2D eigenvalue weighted by molar-refractivity contribution is 0.305. The summed E-state index contributed by atoms with van der Waals surface area (Å²) in [5.41, 5.74) is 10.6. The van der Waals surface area contributed by atoms with Crippen molar-refractivity contribution in [1.29, 1.82) is 0 Å². The molecule has 0 unspecified atom stereocenters. The second kappa shape index (κ2) is 4.35. The standard InChI is InChI=1S/C4H9N7/c5-8-6-2-1-3-11-4-7-9-10-11/h1-4H2,(H,7,10). The number of azide groups is 1. The van der Waals surface area contributed by atoms with Gasteiger partial charge in [0.1, 0.15) is 6.67 Å². The minimum absolute atomic E-state index is 0.516. The predicted octanol–water partition coefficient (Wildman–Crippen LogP) is 0.832. The van der Waals surface area contributed by atoms with Gasteiger partial charge >= 0.3 is 0 Å². The van der Waals surface area contributed by atoms with E-state index in [1.54, 1.807) is 5.01 Å². The molecule has 0 amide bonds. The van der Waals surface area contributed by atoms with Crippen molar-refractivity contribution in [2.75, 3.05) is 19.8 Å². The van der Waals surface area contributed by atoms with E-state index in [0.717, 1.165) is 13.0 Å². The van der Waals surface area contributed by atoms with Crippen LogP contribution >= 0.6 is 0 Å². The van der Waals surface area contributed by atoms with Crippen molar-refractivity contribution in [3.8, 4) is 0 Å². The molecule has 0 saturated heterocycles. The van der Waals surface area contributed by atoms with Gasteiger partial charge in [-0.1, -0.05) is 15.6 Å². The Bertz CT molecular complexity index is 181. The maximum absolute atomic E-state index is 7.95. The van der Waals surface area contributed by atoms with Crippen LogP contribution < -0.4 is 5.43 Å². The Morgan fingerprint density at radius 1 is 1.73 bits per heavy atom. The number of hydrogen-bond acceptors (Lipinski definition) is 5. The van der Waals surface area contributed by atoms with Gasteiger partial charge in [-0.25, -0.2) is 0 Å². The molecule has 1 aliphatic rings. The maximum atomic E-state index is 7.95. The molecule has 0 aliphatic carbocycles. The first-order chi connectivity index (χ1) is 5.43. The highest BCUT2D eigenvalue weighted by Gasteiger charge is 2.03. The van der Waals surface area contributed by atoms with Crippen LogP contribution in [0.15, 0.2) is 15.6 Å². The van der Waals surface area contributed by atoms with Crippen LogP contribution in [0.2, 0.25) is 0 Å². The first-order valence-corrected chi connectivity index (χ1v) is 3.33. The molecule has 0 atom stereocenters. The van der Waals surface area contributed by atoms with Crippen molar-refractivity contribution in [2.24, 2.45) is 15.6 Å². The van der Waals surface area contributed by atoms with E-state index in [0.29, 0.717) is 13.2 Å². The van der Waals surface area contributed by atoms with Crippen LogP contribution in [-0.2, 0) is 0 Å². The summed E-state index contributed by atoms with van der Waals surface area (Å²) >= 11 is 0. The first kappa shape index (κ1) is 7.62. The predicted molar refractivity (Wildman–Crippen MR) is 38.2 cm³/mol. The second-order valence-electron chi connectivity index (χ2n) is 2.04. The third-order valence-corrected chi connectivity index (χ3v) is 1.23. The van der Waals surface area contributed by atoms with Crippen LogP contribution in [0.1, 0.15) is 6.42 Å². The molecule has 0 aromatic carbocycles. The van der Waals surface area contributed by atoms with Crippen molar-refractivity contribution in [2.45, 2.75) is 6.42 Å². The first-order valence-electron chi connectivity index (χ1n) is 3.33. The highest BCUT2D eigenvalue weighted by Crippen LogP contribution is 1.96. The average molecular weight is 155 g/mol. The van der Waals surface area contributed by atoms with E-state index in [1.165, 1.54) is 0 Å². The molecule has 0 radical (unpaired) electrons. The lowest BCUT2D eigenvalue weighted by atomic mass is 10.4. The molecule has 1 aliphatic heterocycles. The Kier molecular flexibility index (Phi) is 3.01. The van der Waals surface area contributed by atoms with E-state index >= 15 is 0 Å². The molecule has 7 nitrogen and oxygen atoms in total. The van der Waals surface area contributed by atoms with Crippen LogP contribution in [0, 0.1) is 0 Å². The average Bonchev–Trinajstić information content (AvgIpc) is 2.50. The summed E-state index contributed by atoms with van der Waals surface area (Å²) in [6.45, 7) is 1.94. The van der Waals surface area contributed by atoms with Crippen molar-refractivity contribution in [3.05, 3.63) is 10.4 Å². The van der Waals surface area contributed by atoms with Crippen LogP contribution in [0.3, 0.4) is 0 Å². The fourth-order valence-electron chi connectivity index (χ4n) is 0.732. The normalized spacial score (nSPS) is 14.4. The smallest absolute Gasteiger partial charge is 0.124 e. The van der Waals surface area contributed by atoms with Crippen LogP contribution in [0.4, 0.5) is 0 Å². The zero-order chi connectivity index (χ0) is 7.94. The number of nitrogens with one attached hydrogen (secondary N) is 1. The minimum Gasteiger partial charge on any atom is -0.269 e. The molecule has 11 heavy (non-hydrogen) atoms. The van der Waals surface area contributed by atoms with E-state index in [4.69, 9.17) is 5.53 Å². The number of hydrogen-bond donors (Lipinski definition) is 1. The lowest BCUT2D eigenvalue weighted by Crippen LogP contribution is -2.21. The van der Waals surface area contributed by atoms with E-state index in [2.05, 4.69) is 25.9 Å². The summed E-state index contributed by atoms with van der Waals surface area (Å²) in [6, 6.07) is 0. The highest BCUT2D eigenvalue weighted by molar-refractivity contribution is 4.54. The van der Waals surface area contributed by atoms with Crippen molar-refractivity contribution >= 4 is 0 Å². The van der Waals surface area contributed by atoms with Gasteiger partial charge in [0.25, 0.3) is 0 Å². The van der Waals surface area contributed by atoms with Gasteiger partial charge in [-0.15, -0.1) is 0 Å². The van der Waals surface area contributed by atoms with Gasteiger partial charge in [0.15, 0.2) is 0 Å². The van der Waals surface area contributed by atoms with Gasteiger partial charge in [-0.2, -0.15) is 0 Å². The Labute approximate surface area is 63.7 Å². The molecule has 0 aromatic rings. The topological polar surface area (TPSA) is 88.8 Å². The monoisotopic (exact) mass is 155 g/mol. The fourth-order valence-corrected chi connectivity index (χ4v) is 0.732. The Hall–Kier alpha value is -1.49. The van der Waals surface area contributed by atoms with Gasteiger partial charge in [-0.05, 0) is 12.0 Å². The molecule has 0 fully saturated rings. The fraction of sp³-hybridized carbons (Fsp3) is 1.00. The van der Waals surface area contributed by atoms with Crippen LogP contribution in [0.25, 0.3) is 10.4 Å².